The van der Waals surface area contributed by atoms with Gasteiger partial charge in [-0.05, 0) is 12.5 Å². The monoisotopic (exact) mass is 281 g/mol. The number of methoxy groups -OCH3 is 1. The van der Waals surface area contributed by atoms with Gasteiger partial charge in [-0.25, -0.2) is 0 Å². The van der Waals surface area contributed by atoms with Gasteiger partial charge in [0.15, 0.2) is 11.5 Å². The van der Waals surface area contributed by atoms with Crippen molar-refractivity contribution in [2.75, 3.05) is 13.7 Å². The molecule has 0 aromatic heterocycles. The molecule has 0 bridgehead atoms. The molecule has 110 valence electrons. The summed E-state index contributed by atoms with van der Waals surface area (Å²) >= 11 is 0. The van der Waals surface area contributed by atoms with Crippen LogP contribution in [0.2, 0.25) is 0 Å². The van der Waals surface area contributed by atoms with Crippen molar-refractivity contribution in [3.63, 3.8) is 0 Å². The highest BCUT2D eigenvalue weighted by molar-refractivity contribution is 5.82. The maximum atomic E-state index is 10.7. The molecule has 0 saturated carbocycles. The normalized spacial score (nSPS) is 10.9. The fraction of sp³-hybridized carbons (Fsp3) is 0.462. The second-order valence-corrected chi connectivity index (χ2v) is 4.99. The molecule has 20 heavy (non-hydrogen) atoms. The van der Waals surface area contributed by atoms with Crippen LogP contribution in [0, 0.1) is 20.9 Å². The fourth-order valence-electron chi connectivity index (χ4n) is 1.44. The Morgan fingerprint density at radius 1 is 1.45 bits per heavy atom. The van der Waals surface area contributed by atoms with Gasteiger partial charge in [0.25, 0.3) is 5.69 Å². The maximum Gasteiger partial charge on any atom is 0.273 e. The van der Waals surface area contributed by atoms with Crippen molar-refractivity contribution in [2.45, 2.75) is 20.3 Å². The van der Waals surface area contributed by atoms with Crippen LogP contribution in [0.1, 0.15) is 20.3 Å². The molecule has 1 aromatic rings. The molecular weight excluding hydrogens is 262 g/mol. The Balaban J connectivity index is 2.78. The summed E-state index contributed by atoms with van der Waals surface area (Å²) in [6.45, 7) is 3.96. The van der Waals surface area contributed by atoms with Crippen molar-refractivity contribution < 1.29 is 14.4 Å². The predicted molar refractivity (Wildman–Crippen MR) is 75.5 cm³/mol. The van der Waals surface area contributed by atoms with Crippen molar-refractivity contribution in [2.24, 2.45) is 11.1 Å². The van der Waals surface area contributed by atoms with Crippen molar-refractivity contribution in [3.05, 3.63) is 28.3 Å². The highest BCUT2D eigenvalue weighted by atomic mass is 16.6. The minimum atomic E-state index is -0.494. The van der Waals surface area contributed by atoms with Crippen LogP contribution in [0.5, 0.6) is 11.5 Å². The molecule has 0 aliphatic carbocycles. The standard InChI is InChI=1S/C13H19N3O4/c1-13(2,12(14)15)6-7-20-11-8-9(16(17)18)4-5-10(11)19-3/h4-5,8H,6-7H2,1-3H3,(H3,14,15). The smallest absolute Gasteiger partial charge is 0.273 e. The first-order valence-corrected chi connectivity index (χ1v) is 6.07. The van der Waals surface area contributed by atoms with Crippen LogP contribution >= 0.6 is 0 Å². The molecule has 0 amide bonds. The molecule has 0 atom stereocenters. The minimum Gasteiger partial charge on any atom is -0.493 e. The highest BCUT2D eigenvalue weighted by Gasteiger charge is 2.22. The number of nitrogens with two attached hydrogens (primary N) is 1. The Morgan fingerprint density at radius 2 is 2.10 bits per heavy atom. The van der Waals surface area contributed by atoms with E-state index in [0.717, 1.165) is 0 Å². The van der Waals surface area contributed by atoms with E-state index in [1.54, 1.807) is 0 Å². The first-order valence-electron chi connectivity index (χ1n) is 6.07. The van der Waals surface area contributed by atoms with E-state index in [2.05, 4.69) is 0 Å². The van der Waals surface area contributed by atoms with Crippen molar-refractivity contribution in [1.29, 1.82) is 5.41 Å². The van der Waals surface area contributed by atoms with Gasteiger partial charge in [-0.1, -0.05) is 13.8 Å². The number of nitrogens with one attached hydrogen (secondary N) is 1. The van der Waals surface area contributed by atoms with Crippen LogP contribution in [0.15, 0.2) is 18.2 Å². The molecule has 7 nitrogen and oxygen atoms in total. The molecule has 1 rings (SSSR count). The molecule has 0 fully saturated rings. The van der Waals surface area contributed by atoms with Gasteiger partial charge in [0, 0.05) is 11.5 Å². The van der Waals surface area contributed by atoms with E-state index < -0.39 is 10.3 Å². The Hall–Kier alpha value is -2.31. The zero-order chi connectivity index (χ0) is 15.3. The van der Waals surface area contributed by atoms with Crippen LogP contribution in [-0.4, -0.2) is 24.5 Å². The van der Waals surface area contributed by atoms with Crippen LogP contribution in [-0.2, 0) is 0 Å². The number of ether oxygens (including phenoxy) is 2. The van der Waals surface area contributed by atoms with Gasteiger partial charge >= 0.3 is 0 Å². The lowest BCUT2D eigenvalue weighted by molar-refractivity contribution is -0.385. The average molecular weight is 281 g/mol. The lowest BCUT2D eigenvalue weighted by Gasteiger charge is -2.22. The SMILES string of the molecule is COc1ccc([N+](=O)[O-])cc1OCCC(C)(C)C(=N)N. The van der Waals surface area contributed by atoms with E-state index in [4.69, 9.17) is 20.6 Å². The molecule has 0 aliphatic heterocycles. The summed E-state index contributed by atoms with van der Waals surface area (Å²) in [7, 11) is 1.47. The Morgan fingerprint density at radius 3 is 2.60 bits per heavy atom. The summed E-state index contributed by atoms with van der Waals surface area (Å²) in [6.07, 6.45) is 0.522. The first-order chi connectivity index (χ1) is 9.27. The molecule has 0 saturated heterocycles. The van der Waals surface area contributed by atoms with E-state index in [0.29, 0.717) is 17.9 Å². The van der Waals surface area contributed by atoms with E-state index in [-0.39, 0.29) is 18.1 Å². The molecule has 0 radical (unpaired) electrons. The summed E-state index contributed by atoms with van der Waals surface area (Å²) in [4.78, 5) is 10.2. The summed E-state index contributed by atoms with van der Waals surface area (Å²) in [5, 5.41) is 18.2. The van der Waals surface area contributed by atoms with Crippen molar-refractivity contribution >= 4 is 11.5 Å². The third-order valence-corrected chi connectivity index (χ3v) is 3.07. The molecule has 0 aliphatic rings. The summed E-state index contributed by atoms with van der Waals surface area (Å²) in [5.41, 5.74) is 4.94. The fourth-order valence-corrected chi connectivity index (χ4v) is 1.44. The Kier molecular flexibility index (Phi) is 4.90. The van der Waals surface area contributed by atoms with Gasteiger partial charge in [0.05, 0.1) is 30.5 Å². The number of nitrogens with zero attached hydrogens (tertiary/aromatic N) is 1. The van der Waals surface area contributed by atoms with Crippen LogP contribution < -0.4 is 15.2 Å². The Labute approximate surface area is 117 Å². The van der Waals surface area contributed by atoms with Crippen LogP contribution in [0.25, 0.3) is 0 Å². The molecule has 7 heteroatoms. The number of hydrogen-bond acceptors (Lipinski definition) is 5. The minimum absolute atomic E-state index is 0.0633. The van der Waals surface area contributed by atoms with Gasteiger partial charge in [-0.3, -0.25) is 15.5 Å². The lowest BCUT2D eigenvalue weighted by atomic mass is 9.88. The molecule has 0 unspecified atom stereocenters. The van der Waals surface area contributed by atoms with E-state index >= 15 is 0 Å². The van der Waals surface area contributed by atoms with Crippen molar-refractivity contribution in [3.8, 4) is 11.5 Å². The molecular formula is C13H19N3O4. The number of non-ortho nitro benzene ring substituents is 1. The number of hydrogen-bond donors (Lipinski definition) is 2. The van der Waals surface area contributed by atoms with Crippen LogP contribution in [0.3, 0.4) is 0 Å². The molecule has 1 aromatic carbocycles. The highest BCUT2D eigenvalue weighted by Crippen LogP contribution is 2.32. The number of rotatable bonds is 7. The third kappa shape index (κ3) is 3.84. The van der Waals surface area contributed by atoms with E-state index in [1.807, 2.05) is 13.8 Å². The van der Waals surface area contributed by atoms with Gasteiger partial charge in [-0.15, -0.1) is 0 Å². The number of amidine groups is 1. The number of benzene rings is 1. The lowest BCUT2D eigenvalue weighted by Crippen LogP contribution is -2.32. The van der Waals surface area contributed by atoms with E-state index in [1.165, 1.54) is 25.3 Å². The largest absolute Gasteiger partial charge is 0.493 e. The summed E-state index contributed by atoms with van der Waals surface area (Å²) in [6, 6.07) is 4.16. The van der Waals surface area contributed by atoms with Gasteiger partial charge in [0.1, 0.15) is 0 Å². The molecule has 0 heterocycles. The maximum absolute atomic E-state index is 10.7. The van der Waals surface area contributed by atoms with Gasteiger partial charge < -0.3 is 15.2 Å². The summed E-state index contributed by atoms with van der Waals surface area (Å²) in [5.74, 6) is 0.810. The van der Waals surface area contributed by atoms with Gasteiger partial charge in [0.2, 0.25) is 0 Å². The second kappa shape index (κ2) is 6.23. The Bertz CT molecular complexity index is 514. The zero-order valence-electron chi connectivity index (χ0n) is 11.8. The number of nitro benzene ring substituents is 1. The number of nitro groups is 1. The molecule has 3 N–H and O–H groups in total. The van der Waals surface area contributed by atoms with Gasteiger partial charge in [-0.2, -0.15) is 0 Å². The second-order valence-electron chi connectivity index (χ2n) is 4.99. The zero-order valence-corrected chi connectivity index (χ0v) is 11.8. The summed E-state index contributed by atoms with van der Waals surface area (Å²) < 4.78 is 10.6. The predicted octanol–water partition coefficient (Wildman–Crippen LogP) is 2.33. The average Bonchev–Trinajstić information content (AvgIpc) is 2.38. The van der Waals surface area contributed by atoms with E-state index in [9.17, 15) is 10.1 Å². The molecule has 0 spiro atoms. The third-order valence-electron chi connectivity index (χ3n) is 3.07. The first kappa shape index (κ1) is 15.7. The van der Waals surface area contributed by atoms with Crippen LogP contribution in [0.4, 0.5) is 5.69 Å². The van der Waals surface area contributed by atoms with Crippen molar-refractivity contribution in [1.82, 2.24) is 0 Å². The topological polar surface area (TPSA) is 111 Å². The quantitative estimate of drug-likeness (QED) is 0.345.